The summed E-state index contributed by atoms with van der Waals surface area (Å²) >= 11 is 6.16. The normalized spacial score (nSPS) is 19.9. The zero-order chi connectivity index (χ0) is 15.8. The highest BCUT2D eigenvalue weighted by Crippen LogP contribution is 2.38. The highest BCUT2D eigenvalue weighted by molar-refractivity contribution is 6.30. The fraction of sp³-hybridized carbons (Fsp3) is 0.176. The molecule has 0 amide bonds. The van der Waals surface area contributed by atoms with E-state index in [0.717, 1.165) is 12.0 Å². The molecule has 0 bridgehead atoms. The summed E-state index contributed by atoms with van der Waals surface area (Å²) in [5.74, 6) is 0.959. The summed E-state index contributed by atoms with van der Waals surface area (Å²) in [5, 5.41) is 8.48. The van der Waals surface area contributed by atoms with Crippen LogP contribution in [-0.4, -0.2) is 14.8 Å². The second-order valence-electron chi connectivity index (χ2n) is 5.65. The highest BCUT2D eigenvalue weighted by atomic mass is 35.5. The van der Waals surface area contributed by atoms with E-state index in [1.54, 1.807) is 0 Å². The molecule has 1 aromatic heterocycles. The predicted molar refractivity (Wildman–Crippen MR) is 91.4 cm³/mol. The van der Waals surface area contributed by atoms with Gasteiger partial charge in [0.1, 0.15) is 0 Å². The predicted octanol–water partition coefficient (Wildman–Crippen LogP) is 3.66. The van der Waals surface area contributed by atoms with Crippen molar-refractivity contribution < 1.29 is 0 Å². The Bertz CT molecular complexity index is 830. The number of fused-ring (bicyclic) bond motifs is 1. The molecule has 0 saturated carbocycles. The van der Waals surface area contributed by atoms with Crippen LogP contribution in [0.15, 0.2) is 54.6 Å². The van der Waals surface area contributed by atoms with Crippen LogP contribution < -0.4 is 11.1 Å². The zero-order valence-corrected chi connectivity index (χ0v) is 13.1. The third-order valence-corrected chi connectivity index (χ3v) is 4.38. The standard InChI is InChI=1S/C17H16ClN5/c18-13-8-4-7-12(9-13)15-10-14(11-5-2-1-3-6-11)20-17-21-16(19)22-23(15)17/h1-9,14-15H,10H2,(H3,19,20,21,22)/t14-,15+/m1/s1. The third-order valence-electron chi connectivity index (χ3n) is 4.14. The summed E-state index contributed by atoms with van der Waals surface area (Å²) in [6.07, 6.45) is 0.847. The lowest BCUT2D eigenvalue weighted by atomic mass is 9.93. The number of hydrogen-bond donors (Lipinski definition) is 2. The first-order valence-corrected chi connectivity index (χ1v) is 7.87. The molecule has 3 N–H and O–H groups in total. The Morgan fingerprint density at radius 1 is 1.09 bits per heavy atom. The van der Waals surface area contributed by atoms with Gasteiger partial charge in [0, 0.05) is 5.02 Å². The summed E-state index contributed by atoms with van der Waals surface area (Å²) in [6, 6.07) is 18.4. The summed E-state index contributed by atoms with van der Waals surface area (Å²) in [5.41, 5.74) is 8.12. The molecular weight excluding hydrogens is 310 g/mol. The fourth-order valence-electron chi connectivity index (χ4n) is 3.09. The van der Waals surface area contributed by atoms with Gasteiger partial charge in [-0.2, -0.15) is 4.98 Å². The molecule has 1 aliphatic heterocycles. The van der Waals surface area contributed by atoms with Gasteiger partial charge in [-0.3, -0.25) is 0 Å². The van der Waals surface area contributed by atoms with Gasteiger partial charge in [0.05, 0.1) is 12.1 Å². The van der Waals surface area contributed by atoms with Gasteiger partial charge in [0.2, 0.25) is 11.9 Å². The number of benzene rings is 2. The van der Waals surface area contributed by atoms with Crippen molar-refractivity contribution in [2.75, 3.05) is 11.1 Å². The first-order chi connectivity index (χ1) is 11.2. The van der Waals surface area contributed by atoms with Crippen molar-refractivity contribution in [2.24, 2.45) is 0 Å². The van der Waals surface area contributed by atoms with Crippen molar-refractivity contribution in [3.05, 3.63) is 70.7 Å². The van der Waals surface area contributed by atoms with Gasteiger partial charge in [-0.05, 0) is 29.7 Å². The molecule has 0 fully saturated rings. The van der Waals surface area contributed by atoms with E-state index >= 15 is 0 Å². The summed E-state index contributed by atoms with van der Waals surface area (Å²) in [4.78, 5) is 4.31. The SMILES string of the molecule is Nc1nc2n(n1)[C@H](c1cccc(Cl)c1)C[C@H](c1ccccc1)N2. The molecule has 2 atom stereocenters. The Labute approximate surface area is 139 Å². The van der Waals surface area contributed by atoms with Gasteiger partial charge < -0.3 is 11.1 Å². The van der Waals surface area contributed by atoms with Crippen LogP contribution in [0.5, 0.6) is 0 Å². The lowest BCUT2D eigenvalue weighted by Gasteiger charge is -2.31. The largest absolute Gasteiger partial charge is 0.366 e. The molecule has 1 aliphatic rings. The van der Waals surface area contributed by atoms with Crippen LogP contribution in [0.2, 0.25) is 5.02 Å². The number of anilines is 2. The van der Waals surface area contributed by atoms with Crippen molar-refractivity contribution in [1.29, 1.82) is 0 Å². The van der Waals surface area contributed by atoms with E-state index < -0.39 is 0 Å². The summed E-state index contributed by atoms with van der Waals surface area (Å²) < 4.78 is 1.85. The summed E-state index contributed by atoms with van der Waals surface area (Å²) in [7, 11) is 0. The Hall–Kier alpha value is -2.53. The molecule has 23 heavy (non-hydrogen) atoms. The van der Waals surface area contributed by atoms with E-state index in [2.05, 4.69) is 33.6 Å². The van der Waals surface area contributed by atoms with Crippen molar-refractivity contribution in [3.8, 4) is 0 Å². The van der Waals surface area contributed by atoms with Crippen LogP contribution in [0.25, 0.3) is 0 Å². The zero-order valence-electron chi connectivity index (χ0n) is 12.4. The van der Waals surface area contributed by atoms with Crippen molar-refractivity contribution in [2.45, 2.75) is 18.5 Å². The minimum absolute atomic E-state index is 0.0416. The van der Waals surface area contributed by atoms with E-state index in [4.69, 9.17) is 17.3 Å². The van der Waals surface area contributed by atoms with Gasteiger partial charge in [-0.1, -0.05) is 54.1 Å². The molecular formula is C17H16ClN5. The average molecular weight is 326 g/mol. The number of halogens is 1. The van der Waals surface area contributed by atoms with Crippen molar-refractivity contribution >= 4 is 23.5 Å². The number of nitrogen functional groups attached to an aromatic ring is 1. The van der Waals surface area contributed by atoms with Crippen molar-refractivity contribution in [1.82, 2.24) is 14.8 Å². The minimum atomic E-state index is 0.0416. The topological polar surface area (TPSA) is 68.8 Å². The Morgan fingerprint density at radius 2 is 1.87 bits per heavy atom. The molecule has 116 valence electrons. The Balaban J connectivity index is 1.78. The minimum Gasteiger partial charge on any atom is -0.366 e. The first kappa shape index (κ1) is 14.1. The third kappa shape index (κ3) is 2.64. The molecule has 0 saturated heterocycles. The van der Waals surface area contributed by atoms with E-state index in [9.17, 15) is 0 Å². The lowest BCUT2D eigenvalue weighted by molar-refractivity contribution is 0.431. The lowest BCUT2D eigenvalue weighted by Crippen LogP contribution is -2.28. The first-order valence-electron chi connectivity index (χ1n) is 7.49. The van der Waals surface area contributed by atoms with Crippen LogP contribution in [0, 0.1) is 0 Å². The number of nitrogens with zero attached hydrogens (tertiary/aromatic N) is 3. The number of nitrogens with two attached hydrogens (primary N) is 1. The van der Waals surface area contributed by atoms with Gasteiger partial charge >= 0.3 is 0 Å². The molecule has 5 nitrogen and oxygen atoms in total. The summed E-state index contributed by atoms with van der Waals surface area (Å²) in [6.45, 7) is 0. The Kier molecular flexibility index (Phi) is 3.42. The number of rotatable bonds is 2. The van der Waals surface area contributed by atoms with Crippen LogP contribution in [0.4, 0.5) is 11.9 Å². The van der Waals surface area contributed by atoms with Crippen LogP contribution in [-0.2, 0) is 0 Å². The molecule has 3 aromatic rings. The molecule has 0 spiro atoms. The van der Waals surface area contributed by atoms with Gasteiger partial charge in [-0.15, -0.1) is 5.10 Å². The second kappa shape index (κ2) is 5.59. The van der Waals surface area contributed by atoms with Crippen molar-refractivity contribution in [3.63, 3.8) is 0 Å². The Morgan fingerprint density at radius 3 is 2.65 bits per heavy atom. The molecule has 0 unspecified atom stereocenters. The highest BCUT2D eigenvalue weighted by Gasteiger charge is 2.30. The fourth-order valence-corrected chi connectivity index (χ4v) is 3.29. The maximum absolute atomic E-state index is 6.16. The van der Waals surface area contributed by atoms with Crippen LogP contribution in [0.1, 0.15) is 29.6 Å². The maximum Gasteiger partial charge on any atom is 0.241 e. The molecule has 0 radical (unpaired) electrons. The van der Waals surface area contributed by atoms with E-state index in [-0.39, 0.29) is 18.0 Å². The van der Waals surface area contributed by atoms with Gasteiger partial charge in [0.15, 0.2) is 0 Å². The molecule has 4 rings (SSSR count). The van der Waals surface area contributed by atoms with Crippen LogP contribution in [0.3, 0.4) is 0 Å². The van der Waals surface area contributed by atoms with E-state index in [1.807, 2.05) is 41.1 Å². The number of aromatic nitrogens is 3. The smallest absolute Gasteiger partial charge is 0.241 e. The number of hydrogen-bond acceptors (Lipinski definition) is 4. The van der Waals surface area contributed by atoms with Gasteiger partial charge in [0.25, 0.3) is 0 Å². The molecule has 2 aromatic carbocycles. The number of nitrogens with one attached hydrogen (secondary N) is 1. The molecule has 2 heterocycles. The maximum atomic E-state index is 6.16. The molecule has 0 aliphatic carbocycles. The average Bonchev–Trinajstić information content (AvgIpc) is 2.95. The quantitative estimate of drug-likeness (QED) is 0.754. The molecule has 6 heteroatoms. The van der Waals surface area contributed by atoms with E-state index in [0.29, 0.717) is 11.0 Å². The monoisotopic (exact) mass is 325 g/mol. The van der Waals surface area contributed by atoms with Gasteiger partial charge in [-0.25, -0.2) is 4.68 Å². The van der Waals surface area contributed by atoms with E-state index in [1.165, 1.54) is 5.56 Å². The van der Waals surface area contributed by atoms with Crippen LogP contribution >= 0.6 is 11.6 Å². The second-order valence-corrected chi connectivity index (χ2v) is 6.09.